The number of rotatable bonds is 3. The van der Waals surface area contributed by atoms with E-state index in [0.717, 1.165) is 34.4 Å². The number of nitrogens with zero attached hydrogens (tertiary/aromatic N) is 1. The molecule has 3 nitrogen and oxygen atoms in total. The standard InChI is InChI=1S/C12H14INO2/c1-2-16-11-5-4-9(8-10(11)13)12(15)14-6-3-7-14/h4-5,8H,2-3,6-7H2,1H3. The summed E-state index contributed by atoms with van der Waals surface area (Å²) in [6, 6.07) is 5.61. The molecule has 0 N–H and O–H groups in total. The molecule has 1 aromatic rings. The average Bonchev–Trinajstić information content (AvgIpc) is 2.18. The van der Waals surface area contributed by atoms with Crippen molar-refractivity contribution < 1.29 is 9.53 Å². The van der Waals surface area contributed by atoms with Crippen molar-refractivity contribution in [2.75, 3.05) is 19.7 Å². The van der Waals surface area contributed by atoms with Crippen molar-refractivity contribution in [3.63, 3.8) is 0 Å². The lowest BCUT2D eigenvalue weighted by molar-refractivity contribution is 0.0651. The molecule has 1 amide bonds. The Hall–Kier alpha value is -0.780. The van der Waals surface area contributed by atoms with Gasteiger partial charge in [-0.25, -0.2) is 0 Å². The van der Waals surface area contributed by atoms with Gasteiger partial charge in [0, 0.05) is 18.7 Å². The van der Waals surface area contributed by atoms with Gasteiger partial charge >= 0.3 is 0 Å². The zero-order valence-corrected chi connectivity index (χ0v) is 11.4. The van der Waals surface area contributed by atoms with Crippen LogP contribution in [0, 0.1) is 3.57 Å². The number of likely N-dealkylation sites (tertiary alicyclic amines) is 1. The van der Waals surface area contributed by atoms with Crippen LogP contribution >= 0.6 is 22.6 Å². The van der Waals surface area contributed by atoms with Crippen LogP contribution < -0.4 is 4.74 Å². The summed E-state index contributed by atoms with van der Waals surface area (Å²) in [7, 11) is 0. The highest BCUT2D eigenvalue weighted by molar-refractivity contribution is 14.1. The summed E-state index contributed by atoms with van der Waals surface area (Å²) in [6.07, 6.45) is 1.12. The normalized spacial score (nSPS) is 14.5. The van der Waals surface area contributed by atoms with Crippen LogP contribution in [0.25, 0.3) is 0 Å². The number of hydrogen-bond acceptors (Lipinski definition) is 2. The maximum Gasteiger partial charge on any atom is 0.253 e. The largest absolute Gasteiger partial charge is 0.493 e. The Kier molecular flexibility index (Phi) is 3.68. The highest BCUT2D eigenvalue weighted by atomic mass is 127. The molecule has 1 aliphatic heterocycles. The van der Waals surface area contributed by atoms with E-state index in [-0.39, 0.29) is 5.91 Å². The fraction of sp³-hybridized carbons (Fsp3) is 0.417. The summed E-state index contributed by atoms with van der Waals surface area (Å²) in [5.41, 5.74) is 0.757. The van der Waals surface area contributed by atoms with Gasteiger partial charge in [0.1, 0.15) is 5.75 Å². The quantitative estimate of drug-likeness (QED) is 0.797. The molecule has 0 spiro atoms. The topological polar surface area (TPSA) is 29.5 Å². The Bertz CT molecular complexity index is 402. The molecule has 0 bridgehead atoms. The fourth-order valence-electron chi connectivity index (χ4n) is 1.61. The van der Waals surface area contributed by atoms with Gasteiger partial charge in [-0.1, -0.05) is 0 Å². The molecule has 0 saturated carbocycles. The molecule has 0 radical (unpaired) electrons. The smallest absolute Gasteiger partial charge is 0.253 e. The molecule has 2 rings (SSSR count). The number of benzene rings is 1. The minimum atomic E-state index is 0.132. The first-order valence-electron chi connectivity index (χ1n) is 5.44. The highest BCUT2D eigenvalue weighted by Crippen LogP contribution is 2.23. The second-order valence-corrected chi connectivity index (χ2v) is 4.89. The van der Waals surface area contributed by atoms with Gasteiger partial charge in [-0.3, -0.25) is 4.79 Å². The molecule has 1 saturated heterocycles. The van der Waals surface area contributed by atoms with E-state index in [1.165, 1.54) is 0 Å². The van der Waals surface area contributed by atoms with Gasteiger partial charge in [0.05, 0.1) is 10.2 Å². The number of ether oxygens (including phenoxy) is 1. The van der Waals surface area contributed by atoms with Crippen molar-refractivity contribution in [2.24, 2.45) is 0 Å². The third kappa shape index (κ3) is 2.31. The van der Waals surface area contributed by atoms with Gasteiger partial charge in [0.2, 0.25) is 0 Å². The summed E-state index contributed by atoms with van der Waals surface area (Å²) in [6.45, 7) is 4.38. The summed E-state index contributed by atoms with van der Waals surface area (Å²) in [5.74, 6) is 0.982. The zero-order valence-electron chi connectivity index (χ0n) is 9.20. The van der Waals surface area contributed by atoms with Crippen LogP contribution in [0.5, 0.6) is 5.75 Å². The molecule has 1 aromatic carbocycles. The van der Waals surface area contributed by atoms with Crippen LogP contribution in [0.3, 0.4) is 0 Å². The zero-order chi connectivity index (χ0) is 11.5. The molecule has 1 fully saturated rings. The van der Waals surface area contributed by atoms with Crippen molar-refractivity contribution in [3.8, 4) is 5.75 Å². The third-order valence-electron chi connectivity index (χ3n) is 2.62. The predicted octanol–water partition coefficient (Wildman–Crippen LogP) is 2.54. The molecule has 4 heteroatoms. The lowest BCUT2D eigenvalue weighted by Crippen LogP contribution is -2.42. The first-order chi connectivity index (χ1) is 7.72. The average molecular weight is 331 g/mol. The molecule has 0 atom stereocenters. The van der Waals surface area contributed by atoms with Gasteiger partial charge in [-0.05, 0) is 54.1 Å². The van der Waals surface area contributed by atoms with Crippen molar-refractivity contribution in [1.82, 2.24) is 4.90 Å². The monoisotopic (exact) mass is 331 g/mol. The summed E-state index contributed by atoms with van der Waals surface area (Å²) in [5, 5.41) is 0. The van der Waals surface area contributed by atoms with E-state index in [9.17, 15) is 4.79 Å². The van der Waals surface area contributed by atoms with Crippen LogP contribution in [0.1, 0.15) is 23.7 Å². The van der Waals surface area contributed by atoms with E-state index in [1.807, 2.05) is 30.0 Å². The van der Waals surface area contributed by atoms with Gasteiger partial charge < -0.3 is 9.64 Å². The summed E-state index contributed by atoms with van der Waals surface area (Å²) < 4.78 is 6.43. The number of hydrogen-bond donors (Lipinski definition) is 0. The third-order valence-corrected chi connectivity index (χ3v) is 3.46. The second-order valence-electron chi connectivity index (χ2n) is 3.72. The van der Waals surface area contributed by atoms with Crippen LogP contribution in [-0.4, -0.2) is 30.5 Å². The lowest BCUT2D eigenvalue weighted by Gasteiger charge is -2.31. The lowest BCUT2D eigenvalue weighted by atomic mass is 10.1. The van der Waals surface area contributed by atoms with Crippen LogP contribution in [0.2, 0.25) is 0 Å². The predicted molar refractivity (Wildman–Crippen MR) is 70.8 cm³/mol. The Morgan fingerprint density at radius 1 is 1.50 bits per heavy atom. The number of halogens is 1. The SMILES string of the molecule is CCOc1ccc(C(=O)N2CCC2)cc1I. The van der Waals surface area contributed by atoms with E-state index in [4.69, 9.17) is 4.74 Å². The summed E-state index contributed by atoms with van der Waals surface area (Å²) >= 11 is 2.20. The van der Waals surface area contributed by atoms with Gasteiger partial charge in [0.15, 0.2) is 0 Å². The van der Waals surface area contributed by atoms with E-state index < -0.39 is 0 Å². The van der Waals surface area contributed by atoms with Crippen LogP contribution in [-0.2, 0) is 0 Å². The minimum absolute atomic E-state index is 0.132. The fourth-order valence-corrected chi connectivity index (χ4v) is 2.28. The molecule has 0 aromatic heterocycles. The van der Waals surface area contributed by atoms with Crippen molar-refractivity contribution >= 4 is 28.5 Å². The Labute approximate surface area is 109 Å². The first kappa shape index (κ1) is 11.7. The van der Waals surface area contributed by atoms with Crippen molar-refractivity contribution in [2.45, 2.75) is 13.3 Å². The Balaban J connectivity index is 2.16. The molecule has 86 valence electrons. The second kappa shape index (κ2) is 5.03. The molecule has 1 heterocycles. The van der Waals surface area contributed by atoms with E-state index in [0.29, 0.717) is 6.61 Å². The van der Waals surface area contributed by atoms with Gasteiger partial charge in [-0.15, -0.1) is 0 Å². The van der Waals surface area contributed by atoms with E-state index in [1.54, 1.807) is 0 Å². The van der Waals surface area contributed by atoms with Crippen LogP contribution in [0.4, 0.5) is 0 Å². The number of carbonyl (C=O) groups is 1. The molecule has 0 aliphatic carbocycles. The Morgan fingerprint density at radius 2 is 2.25 bits per heavy atom. The van der Waals surface area contributed by atoms with E-state index >= 15 is 0 Å². The molecule has 16 heavy (non-hydrogen) atoms. The van der Waals surface area contributed by atoms with Gasteiger partial charge in [-0.2, -0.15) is 0 Å². The maximum atomic E-state index is 11.9. The minimum Gasteiger partial charge on any atom is -0.493 e. The van der Waals surface area contributed by atoms with E-state index in [2.05, 4.69) is 22.6 Å². The van der Waals surface area contributed by atoms with Gasteiger partial charge in [0.25, 0.3) is 5.91 Å². The Morgan fingerprint density at radius 3 is 2.75 bits per heavy atom. The maximum absolute atomic E-state index is 11.9. The van der Waals surface area contributed by atoms with Crippen LogP contribution in [0.15, 0.2) is 18.2 Å². The molecule has 0 unspecified atom stereocenters. The number of carbonyl (C=O) groups excluding carboxylic acids is 1. The van der Waals surface area contributed by atoms with Crippen molar-refractivity contribution in [1.29, 1.82) is 0 Å². The summed E-state index contributed by atoms with van der Waals surface area (Å²) in [4.78, 5) is 13.8. The highest BCUT2D eigenvalue weighted by Gasteiger charge is 2.21. The molecule has 1 aliphatic rings. The molecular formula is C12H14INO2. The molecular weight excluding hydrogens is 317 g/mol. The number of amides is 1. The van der Waals surface area contributed by atoms with Crippen molar-refractivity contribution in [3.05, 3.63) is 27.3 Å². The first-order valence-corrected chi connectivity index (χ1v) is 6.52.